The first-order valence-corrected chi connectivity index (χ1v) is 6.36. The van der Waals surface area contributed by atoms with Gasteiger partial charge in [0.15, 0.2) is 0 Å². The normalized spacial score (nSPS) is 12.6. The van der Waals surface area contributed by atoms with Crippen LogP contribution in [-0.2, 0) is 11.3 Å². The summed E-state index contributed by atoms with van der Waals surface area (Å²) >= 11 is 2.95. The van der Waals surface area contributed by atoms with E-state index in [1.54, 1.807) is 0 Å². The topological polar surface area (TPSA) is 72.2 Å². The zero-order chi connectivity index (χ0) is 15.0. The third-order valence-electron chi connectivity index (χ3n) is 2.71. The molecule has 1 aromatic carbocycles. The molecule has 1 N–H and O–H groups in total. The number of benzene rings is 1. The predicted molar refractivity (Wildman–Crippen MR) is 70.8 cm³/mol. The molecule has 0 bridgehead atoms. The highest BCUT2D eigenvalue weighted by molar-refractivity contribution is 9.10. The molecule has 20 heavy (non-hydrogen) atoms. The molecule has 0 radical (unpaired) electrons. The van der Waals surface area contributed by atoms with E-state index in [0.717, 1.165) is 6.92 Å². The maximum absolute atomic E-state index is 14.1. The smallest absolute Gasteiger partial charge is 0.325 e. The molecule has 0 saturated heterocycles. The summed E-state index contributed by atoms with van der Waals surface area (Å²) in [6.07, 6.45) is -1.65. The van der Waals surface area contributed by atoms with Crippen LogP contribution in [0.15, 0.2) is 21.4 Å². The van der Waals surface area contributed by atoms with E-state index in [1.165, 1.54) is 12.1 Å². The van der Waals surface area contributed by atoms with E-state index in [4.69, 9.17) is 5.11 Å². The van der Waals surface area contributed by atoms with Crippen LogP contribution < -0.4 is 5.56 Å². The minimum Gasteiger partial charge on any atom is -0.480 e. The molecule has 106 valence electrons. The summed E-state index contributed by atoms with van der Waals surface area (Å²) in [4.78, 5) is 22.7. The summed E-state index contributed by atoms with van der Waals surface area (Å²) in [6, 6.07) is 2.60. The minimum atomic E-state index is -1.65. The molecule has 1 aromatic heterocycles. The summed E-state index contributed by atoms with van der Waals surface area (Å²) < 4.78 is 28.4. The molecule has 0 spiro atoms. The highest BCUT2D eigenvalue weighted by Gasteiger charge is 2.20. The average molecular weight is 347 g/mol. The fourth-order valence-electron chi connectivity index (χ4n) is 1.86. The number of halogens is 3. The number of nitrogens with zero attached hydrogens (tertiary/aromatic N) is 2. The van der Waals surface area contributed by atoms with E-state index in [2.05, 4.69) is 21.0 Å². The van der Waals surface area contributed by atoms with Gasteiger partial charge in [-0.15, -0.1) is 0 Å². The van der Waals surface area contributed by atoms with Crippen molar-refractivity contribution in [1.82, 2.24) is 9.78 Å². The van der Waals surface area contributed by atoms with Gasteiger partial charge in [0, 0.05) is 0 Å². The highest BCUT2D eigenvalue weighted by Crippen LogP contribution is 2.29. The fraction of sp³-hybridized carbons (Fsp3) is 0.250. The van der Waals surface area contributed by atoms with Crippen LogP contribution in [0.1, 0.15) is 18.8 Å². The first-order valence-electron chi connectivity index (χ1n) is 5.57. The number of carbonyl (C=O) groups is 1. The van der Waals surface area contributed by atoms with Gasteiger partial charge in [-0.05, 0) is 35.0 Å². The minimum absolute atomic E-state index is 0.0732. The Morgan fingerprint density at radius 2 is 2.20 bits per heavy atom. The van der Waals surface area contributed by atoms with Crippen LogP contribution in [0.4, 0.5) is 8.78 Å². The summed E-state index contributed by atoms with van der Waals surface area (Å²) in [5.41, 5.74) is -1.09. The van der Waals surface area contributed by atoms with Gasteiger partial charge in [-0.25, -0.2) is 13.5 Å². The summed E-state index contributed by atoms with van der Waals surface area (Å²) in [5.74, 6) is -2.09. The second-order valence-corrected chi connectivity index (χ2v) is 5.00. The quantitative estimate of drug-likeness (QED) is 0.926. The lowest BCUT2D eigenvalue weighted by atomic mass is 10.1. The Balaban J connectivity index is 2.91. The second-order valence-electron chi connectivity index (χ2n) is 4.14. The summed E-state index contributed by atoms with van der Waals surface area (Å²) in [5, 5.41) is 12.0. The molecule has 2 rings (SSSR count). The Kier molecular flexibility index (Phi) is 3.85. The van der Waals surface area contributed by atoms with E-state index < -0.39 is 30.1 Å². The first kappa shape index (κ1) is 14.6. The van der Waals surface area contributed by atoms with Crippen LogP contribution >= 0.6 is 15.9 Å². The van der Waals surface area contributed by atoms with Crippen molar-refractivity contribution in [1.29, 1.82) is 0 Å². The lowest BCUT2D eigenvalue weighted by molar-refractivity contribution is -0.138. The number of carboxylic acids is 1. The van der Waals surface area contributed by atoms with Crippen LogP contribution in [0.5, 0.6) is 0 Å². The molecule has 8 heteroatoms. The van der Waals surface area contributed by atoms with E-state index >= 15 is 0 Å². The molecule has 0 saturated carbocycles. The second kappa shape index (κ2) is 5.28. The Labute approximate surface area is 120 Å². The standard InChI is InChI=1S/C12H9BrF2N2O3/c1-5(14)11-9-6(2-3-7(13)10(9)15)12(20)17(16-11)4-8(18)19/h2-3,5H,4H2,1H3,(H,18,19). The molecular weight excluding hydrogens is 338 g/mol. The Bertz CT molecular complexity index is 758. The molecule has 1 heterocycles. The Hall–Kier alpha value is -1.83. The maximum atomic E-state index is 14.1. The van der Waals surface area contributed by atoms with Gasteiger partial charge < -0.3 is 5.11 Å². The third-order valence-corrected chi connectivity index (χ3v) is 3.32. The van der Waals surface area contributed by atoms with Crippen molar-refractivity contribution in [3.8, 4) is 0 Å². The lowest BCUT2D eigenvalue weighted by Gasteiger charge is -2.11. The molecule has 0 aliphatic rings. The average Bonchev–Trinajstić information content (AvgIpc) is 2.36. The molecule has 2 aromatic rings. The third kappa shape index (κ3) is 2.43. The monoisotopic (exact) mass is 346 g/mol. The van der Waals surface area contributed by atoms with Gasteiger partial charge in [0.2, 0.25) is 0 Å². The van der Waals surface area contributed by atoms with Crippen molar-refractivity contribution in [3.63, 3.8) is 0 Å². The summed E-state index contributed by atoms with van der Waals surface area (Å²) in [7, 11) is 0. The van der Waals surface area contributed by atoms with Gasteiger partial charge in [0.05, 0.1) is 15.2 Å². The van der Waals surface area contributed by atoms with E-state index in [-0.39, 0.29) is 20.9 Å². The highest BCUT2D eigenvalue weighted by atomic mass is 79.9. The number of rotatable bonds is 3. The SMILES string of the molecule is CC(F)c1nn(CC(=O)O)c(=O)c2ccc(Br)c(F)c12. The summed E-state index contributed by atoms with van der Waals surface area (Å²) in [6.45, 7) is 0.421. The van der Waals surface area contributed by atoms with Crippen LogP contribution in [-0.4, -0.2) is 20.9 Å². The molecule has 1 atom stereocenters. The number of carboxylic acid groups (broad SMARTS) is 1. The van der Waals surface area contributed by atoms with Crippen molar-refractivity contribution >= 4 is 32.7 Å². The van der Waals surface area contributed by atoms with Gasteiger partial charge in [-0.2, -0.15) is 5.10 Å². The van der Waals surface area contributed by atoms with Crippen molar-refractivity contribution in [2.45, 2.75) is 19.6 Å². The van der Waals surface area contributed by atoms with Crippen molar-refractivity contribution in [2.75, 3.05) is 0 Å². The molecule has 0 aliphatic carbocycles. The predicted octanol–water partition coefficient (Wildman–Crippen LogP) is 2.41. The molecule has 0 aliphatic heterocycles. The van der Waals surface area contributed by atoms with E-state index in [0.29, 0.717) is 4.68 Å². The van der Waals surface area contributed by atoms with Gasteiger partial charge in [-0.3, -0.25) is 9.59 Å². The van der Waals surface area contributed by atoms with Gasteiger partial charge in [0.1, 0.15) is 24.2 Å². The van der Waals surface area contributed by atoms with Crippen LogP contribution in [0.25, 0.3) is 10.8 Å². The fourth-order valence-corrected chi connectivity index (χ4v) is 2.19. The van der Waals surface area contributed by atoms with Gasteiger partial charge in [-0.1, -0.05) is 0 Å². The molecular formula is C12H9BrF2N2O3. The largest absolute Gasteiger partial charge is 0.480 e. The number of fused-ring (bicyclic) bond motifs is 1. The Morgan fingerprint density at radius 3 is 2.75 bits per heavy atom. The van der Waals surface area contributed by atoms with Crippen LogP contribution in [0.2, 0.25) is 0 Å². The molecule has 1 unspecified atom stereocenters. The van der Waals surface area contributed by atoms with E-state index in [1.807, 2.05) is 0 Å². The zero-order valence-electron chi connectivity index (χ0n) is 10.2. The maximum Gasteiger partial charge on any atom is 0.325 e. The van der Waals surface area contributed by atoms with Gasteiger partial charge in [0.25, 0.3) is 5.56 Å². The van der Waals surface area contributed by atoms with Crippen molar-refractivity contribution in [2.24, 2.45) is 0 Å². The zero-order valence-corrected chi connectivity index (χ0v) is 11.8. The van der Waals surface area contributed by atoms with Crippen LogP contribution in [0.3, 0.4) is 0 Å². The lowest BCUT2D eigenvalue weighted by Crippen LogP contribution is -2.28. The number of hydrogen-bond donors (Lipinski definition) is 1. The number of aromatic nitrogens is 2. The molecule has 5 nitrogen and oxygen atoms in total. The van der Waals surface area contributed by atoms with Gasteiger partial charge >= 0.3 is 5.97 Å². The number of hydrogen-bond acceptors (Lipinski definition) is 3. The van der Waals surface area contributed by atoms with Crippen LogP contribution in [0, 0.1) is 5.82 Å². The number of aliphatic carboxylic acids is 1. The van der Waals surface area contributed by atoms with Crippen molar-refractivity contribution < 1.29 is 18.7 Å². The van der Waals surface area contributed by atoms with E-state index in [9.17, 15) is 18.4 Å². The first-order chi connectivity index (χ1) is 9.32. The molecule has 0 fully saturated rings. The molecule has 0 amide bonds. The Morgan fingerprint density at radius 1 is 1.55 bits per heavy atom. The number of alkyl halides is 1. The van der Waals surface area contributed by atoms with Crippen molar-refractivity contribution in [3.05, 3.63) is 38.5 Å².